The highest BCUT2D eigenvalue weighted by atomic mass is 16.2. The Hall–Kier alpha value is -3.44. The number of likely N-dealkylation sites (tertiary alicyclic amines) is 2. The van der Waals surface area contributed by atoms with Crippen LogP contribution in [0, 0.1) is 5.92 Å². The fourth-order valence-electron chi connectivity index (χ4n) is 6.05. The molecule has 2 heterocycles. The van der Waals surface area contributed by atoms with Gasteiger partial charge in [0.25, 0.3) is 0 Å². The van der Waals surface area contributed by atoms with Crippen molar-refractivity contribution in [2.24, 2.45) is 5.92 Å². The molecule has 198 valence electrons. The van der Waals surface area contributed by atoms with Crippen LogP contribution in [0.2, 0.25) is 0 Å². The molecule has 1 N–H and O–H groups in total. The molecule has 38 heavy (non-hydrogen) atoms. The smallest absolute Gasteiger partial charge is 0.234 e. The largest absolute Gasteiger partial charge is 0.356 e. The molecule has 2 fully saturated rings. The molecule has 2 saturated heterocycles. The minimum Gasteiger partial charge on any atom is -0.356 e. The van der Waals surface area contributed by atoms with Gasteiger partial charge in [-0.2, -0.15) is 0 Å². The Morgan fingerprint density at radius 1 is 0.711 bits per heavy atom. The Morgan fingerprint density at radius 3 is 1.79 bits per heavy atom. The van der Waals surface area contributed by atoms with E-state index in [1.807, 2.05) is 54.6 Å². The van der Waals surface area contributed by atoms with Crippen LogP contribution in [0.25, 0.3) is 0 Å². The Balaban J connectivity index is 1.09. The molecule has 0 bridgehead atoms. The topological polar surface area (TPSA) is 52.7 Å². The van der Waals surface area contributed by atoms with Crippen LogP contribution in [0.4, 0.5) is 0 Å². The zero-order chi connectivity index (χ0) is 26.2. The van der Waals surface area contributed by atoms with Crippen molar-refractivity contribution in [3.8, 4) is 0 Å². The average molecular weight is 510 g/mol. The summed E-state index contributed by atoms with van der Waals surface area (Å²) in [4.78, 5) is 31.1. The summed E-state index contributed by atoms with van der Waals surface area (Å²) in [5, 5.41) is 3.15. The van der Waals surface area contributed by atoms with Gasteiger partial charge in [-0.3, -0.25) is 9.59 Å². The van der Waals surface area contributed by atoms with E-state index in [1.165, 1.54) is 5.56 Å². The molecule has 3 aromatic carbocycles. The molecule has 5 heteroatoms. The first-order valence-electron chi connectivity index (χ1n) is 14.1. The molecule has 0 aromatic heterocycles. The first kappa shape index (κ1) is 26.2. The van der Waals surface area contributed by atoms with Gasteiger partial charge in [-0.05, 0) is 61.9 Å². The van der Waals surface area contributed by atoms with Crippen LogP contribution in [0.1, 0.15) is 48.3 Å². The second-order valence-electron chi connectivity index (χ2n) is 10.6. The summed E-state index contributed by atoms with van der Waals surface area (Å²) < 4.78 is 0. The van der Waals surface area contributed by atoms with Crippen molar-refractivity contribution < 1.29 is 9.59 Å². The zero-order valence-electron chi connectivity index (χ0n) is 22.2. The first-order chi connectivity index (χ1) is 18.7. The Kier molecular flexibility index (Phi) is 8.87. The molecular formula is C33H39N3O2. The lowest BCUT2D eigenvalue weighted by molar-refractivity contribution is -0.134. The van der Waals surface area contributed by atoms with E-state index in [-0.39, 0.29) is 23.7 Å². The highest BCUT2D eigenvalue weighted by Gasteiger charge is 2.34. The second-order valence-corrected chi connectivity index (χ2v) is 10.6. The fraction of sp³-hybridized carbons (Fsp3) is 0.394. The van der Waals surface area contributed by atoms with Gasteiger partial charge in [-0.15, -0.1) is 0 Å². The van der Waals surface area contributed by atoms with E-state index in [0.717, 1.165) is 69.4 Å². The van der Waals surface area contributed by atoms with Crippen molar-refractivity contribution in [3.63, 3.8) is 0 Å². The summed E-state index contributed by atoms with van der Waals surface area (Å²) in [7, 11) is 0. The molecule has 2 aliphatic rings. The van der Waals surface area contributed by atoms with Crippen LogP contribution in [-0.4, -0.2) is 60.4 Å². The normalized spacial score (nSPS) is 17.4. The number of benzene rings is 3. The number of hydrogen-bond donors (Lipinski definition) is 1. The van der Waals surface area contributed by atoms with Gasteiger partial charge in [-0.25, -0.2) is 0 Å². The van der Waals surface area contributed by atoms with Crippen molar-refractivity contribution >= 4 is 11.8 Å². The van der Waals surface area contributed by atoms with E-state index in [9.17, 15) is 9.59 Å². The number of nitrogens with zero attached hydrogens (tertiary/aromatic N) is 2. The molecule has 0 unspecified atom stereocenters. The lowest BCUT2D eigenvalue weighted by atomic mass is 9.88. The van der Waals surface area contributed by atoms with Crippen LogP contribution in [0.5, 0.6) is 0 Å². The molecule has 0 aliphatic carbocycles. The van der Waals surface area contributed by atoms with Crippen LogP contribution < -0.4 is 5.32 Å². The Bertz CT molecular complexity index is 1110. The third-order valence-electron chi connectivity index (χ3n) is 8.26. The standard InChI is InChI=1S/C33H39N3O2/c37-32(34-21-16-26-10-4-1-5-11-26)29-17-22-35(23-18-29)30-19-24-36(25-20-30)33(38)31(27-12-6-2-7-13-27)28-14-8-3-9-15-28/h1-15,29-31H,16-25H2,(H,34,37). The lowest BCUT2D eigenvalue weighted by Gasteiger charge is -2.42. The summed E-state index contributed by atoms with van der Waals surface area (Å²) in [5.74, 6) is 0.256. The van der Waals surface area contributed by atoms with Gasteiger partial charge in [0.15, 0.2) is 0 Å². The molecule has 0 spiro atoms. The van der Waals surface area contributed by atoms with Gasteiger partial charge in [0.05, 0.1) is 5.92 Å². The molecule has 5 rings (SSSR count). The lowest BCUT2D eigenvalue weighted by Crippen LogP contribution is -2.50. The van der Waals surface area contributed by atoms with Gasteiger partial charge in [0, 0.05) is 31.6 Å². The molecule has 0 radical (unpaired) electrons. The molecule has 3 aromatic rings. The molecule has 2 amide bonds. The highest BCUT2D eigenvalue weighted by Crippen LogP contribution is 2.30. The van der Waals surface area contributed by atoms with E-state index in [2.05, 4.69) is 51.5 Å². The predicted molar refractivity (Wildman–Crippen MR) is 152 cm³/mol. The maximum absolute atomic E-state index is 13.7. The molecule has 5 nitrogen and oxygen atoms in total. The molecular weight excluding hydrogens is 470 g/mol. The van der Waals surface area contributed by atoms with Crippen molar-refractivity contribution in [1.29, 1.82) is 0 Å². The van der Waals surface area contributed by atoms with Gasteiger partial charge < -0.3 is 15.1 Å². The molecule has 0 atom stereocenters. The van der Waals surface area contributed by atoms with E-state index in [4.69, 9.17) is 0 Å². The van der Waals surface area contributed by atoms with E-state index in [1.54, 1.807) is 0 Å². The van der Waals surface area contributed by atoms with E-state index >= 15 is 0 Å². The first-order valence-corrected chi connectivity index (χ1v) is 14.1. The van der Waals surface area contributed by atoms with Crippen molar-refractivity contribution in [3.05, 3.63) is 108 Å². The van der Waals surface area contributed by atoms with Crippen LogP contribution in [0.3, 0.4) is 0 Å². The van der Waals surface area contributed by atoms with Gasteiger partial charge in [0.2, 0.25) is 11.8 Å². The van der Waals surface area contributed by atoms with E-state index < -0.39 is 0 Å². The predicted octanol–water partition coefficient (Wildman–Crippen LogP) is 4.88. The Labute approximate surface area is 226 Å². The van der Waals surface area contributed by atoms with Crippen LogP contribution >= 0.6 is 0 Å². The summed E-state index contributed by atoms with van der Waals surface area (Å²) in [5.41, 5.74) is 3.36. The van der Waals surface area contributed by atoms with Crippen LogP contribution in [0.15, 0.2) is 91.0 Å². The number of nitrogens with one attached hydrogen (secondary N) is 1. The maximum atomic E-state index is 13.7. The van der Waals surface area contributed by atoms with E-state index in [0.29, 0.717) is 12.6 Å². The highest BCUT2D eigenvalue weighted by molar-refractivity contribution is 5.87. The molecule has 2 aliphatic heterocycles. The fourth-order valence-corrected chi connectivity index (χ4v) is 6.05. The third-order valence-corrected chi connectivity index (χ3v) is 8.26. The third kappa shape index (κ3) is 6.51. The van der Waals surface area contributed by atoms with Crippen molar-refractivity contribution in [2.75, 3.05) is 32.7 Å². The SMILES string of the molecule is O=C(NCCc1ccccc1)C1CCN(C2CCN(C(=O)C(c3ccccc3)c3ccccc3)CC2)CC1. The number of rotatable bonds is 8. The maximum Gasteiger partial charge on any atom is 0.234 e. The average Bonchev–Trinajstić information content (AvgIpc) is 2.99. The minimum atomic E-state index is -0.259. The molecule has 0 saturated carbocycles. The summed E-state index contributed by atoms with van der Waals surface area (Å²) >= 11 is 0. The van der Waals surface area contributed by atoms with Crippen molar-refractivity contribution in [2.45, 2.75) is 44.1 Å². The quantitative estimate of drug-likeness (QED) is 0.471. The van der Waals surface area contributed by atoms with Gasteiger partial charge in [0.1, 0.15) is 0 Å². The Morgan fingerprint density at radius 2 is 1.24 bits per heavy atom. The van der Waals surface area contributed by atoms with Gasteiger partial charge in [-0.1, -0.05) is 91.0 Å². The van der Waals surface area contributed by atoms with Gasteiger partial charge >= 0.3 is 0 Å². The summed E-state index contributed by atoms with van der Waals surface area (Å²) in [6.07, 6.45) is 4.70. The summed E-state index contributed by atoms with van der Waals surface area (Å²) in [6, 6.07) is 31.1. The summed E-state index contributed by atoms with van der Waals surface area (Å²) in [6.45, 7) is 4.21. The zero-order valence-corrected chi connectivity index (χ0v) is 22.2. The number of carbonyl (C=O) groups is 2. The monoisotopic (exact) mass is 509 g/mol. The number of carbonyl (C=O) groups excluding carboxylic acids is 2. The van der Waals surface area contributed by atoms with Crippen molar-refractivity contribution in [1.82, 2.24) is 15.1 Å². The minimum absolute atomic E-state index is 0.112. The number of amides is 2. The van der Waals surface area contributed by atoms with Crippen LogP contribution in [-0.2, 0) is 16.0 Å². The number of piperidine rings is 2. The second kappa shape index (κ2) is 12.9. The number of hydrogen-bond acceptors (Lipinski definition) is 3.